The minimum atomic E-state index is 0.915. The Balaban J connectivity index is 2.02. The number of nitrogens with zero attached hydrogens (tertiary/aromatic N) is 4. The first-order valence-electron chi connectivity index (χ1n) is 5.57. The summed E-state index contributed by atoms with van der Waals surface area (Å²) in [7, 11) is 0. The first-order valence-corrected chi connectivity index (χ1v) is 5.57. The SMILES string of the molecule is CCCCCCCCn1nnnc1C. The van der Waals surface area contributed by atoms with Gasteiger partial charge >= 0.3 is 0 Å². The summed E-state index contributed by atoms with van der Waals surface area (Å²) in [6, 6.07) is 0. The van der Waals surface area contributed by atoms with Crippen LogP contribution < -0.4 is 0 Å². The van der Waals surface area contributed by atoms with Crippen LogP contribution in [0.3, 0.4) is 0 Å². The highest BCUT2D eigenvalue weighted by molar-refractivity contribution is 4.72. The number of unbranched alkanes of at least 4 members (excludes halogenated alkanes) is 5. The van der Waals surface area contributed by atoms with Gasteiger partial charge in [0.05, 0.1) is 0 Å². The largest absolute Gasteiger partial charge is 0.230 e. The third-order valence-electron chi connectivity index (χ3n) is 2.43. The van der Waals surface area contributed by atoms with Gasteiger partial charge in [0.1, 0.15) is 5.82 Å². The average Bonchev–Trinajstić information content (AvgIpc) is 2.58. The molecule has 0 saturated carbocycles. The monoisotopic (exact) mass is 196 g/mol. The summed E-state index contributed by atoms with van der Waals surface area (Å²) in [5.41, 5.74) is 0. The van der Waals surface area contributed by atoms with E-state index in [0.29, 0.717) is 0 Å². The van der Waals surface area contributed by atoms with E-state index in [0.717, 1.165) is 12.4 Å². The molecule has 0 aromatic carbocycles. The first kappa shape index (κ1) is 11.1. The molecule has 1 aromatic rings. The molecular weight excluding hydrogens is 176 g/mol. The Morgan fingerprint density at radius 1 is 1.07 bits per heavy atom. The van der Waals surface area contributed by atoms with Crippen molar-refractivity contribution in [3.05, 3.63) is 5.82 Å². The van der Waals surface area contributed by atoms with Crippen LogP contribution in [-0.4, -0.2) is 20.2 Å². The van der Waals surface area contributed by atoms with Gasteiger partial charge in [0.25, 0.3) is 0 Å². The van der Waals surface area contributed by atoms with E-state index in [1.807, 2.05) is 11.6 Å². The summed E-state index contributed by atoms with van der Waals surface area (Å²) in [6.45, 7) is 5.15. The molecule has 0 spiro atoms. The molecule has 4 nitrogen and oxygen atoms in total. The standard InChI is InChI=1S/C10H20N4/c1-3-4-5-6-7-8-9-14-10(2)11-12-13-14/h3-9H2,1-2H3. The maximum absolute atomic E-state index is 3.91. The highest BCUT2D eigenvalue weighted by Gasteiger charge is 1.98. The van der Waals surface area contributed by atoms with Crippen molar-refractivity contribution in [2.45, 2.75) is 58.9 Å². The molecule has 0 aliphatic rings. The lowest BCUT2D eigenvalue weighted by atomic mass is 10.1. The van der Waals surface area contributed by atoms with Gasteiger partial charge in [0.15, 0.2) is 0 Å². The molecule has 0 bridgehead atoms. The van der Waals surface area contributed by atoms with Crippen LogP contribution in [0.4, 0.5) is 0 Å². The van der Waals surface area contributed by atoms with Crippen molar-refractivity contribution in [2.24, 2.45) is 0 Å². The second-order valence-corrected chi connectivity index (χ2v) is 3.72. The molecule has 14 heavy (non-hydrogen) atoms. The van der Waals surface area contributed by atoms with E-state index in [-0.39, 0.29) is 0 Å². The summed E-state index contributed by atoms with van der Waals surface area (Å²) >= 11 is 0. The molecule has 80 valence electrons. The van der Waals surface area contributed by atoms with E-state index in [2.05, 4.69) is 22.4 Å². The predicted octanol–water partition coefficient (Wildman–Crippen LogP) is 2.34. The number of hydrogen-bond acceptors (Lipinski definition) is 3. The molecule has 0 amide bonds. The summed E-state index contributed by atoms with van der Waals surface area (Å²) in [5, 5.41) is 11.4. The topological polar surface area (TPSA) is 43.6 Å². The Kier molecular flexibility index (Phi) is 5.19. The predicted molar refractivity (Wildman–Crippen MR) is 55.9 cm³/mol. The number of aromatic nitrogens is 4. The van der Waals surface area contributed by atoms with E-state index in [1.165, 1.54) is 38.5 Å². The van der Waals surface area contributed by atoms with Crippen LogP contribution >= 0.6 is 0 Å². The van der Waals surface area contributed by atoms with Crippen LogP contribution in [0.15, 0.2) is 0 Å². The molecule has 0 unspecified atom stereocenters. The van der Waals surface area contributed by atoms with Crippen molar-refractivity contribution in [1.82, 2.24) is 20.2 Å². The van der Waals surface area contributed by atoms with E-state index in [9.17, 15) is 0 Å². The van der Waals surface area contributed by atoms with Crippen LogP contribution in [0.25, 0.3) is 0 Å². The molecule has 1 rings (SSSR count). The summed E-state index contributed by atoms with van der Waals surface area (Å²) < 4.78 is 1.87. The highest BCUT2D eigenvalue weighted by Crippen LogP contribution is 2.05. The van der Waals surface area contributed by atoms with Gasteiger partial charge in [-0.3, -0.25) is 0 Å². The van der Waals surface area contributed by atoms with Crippen molar-refractivity contribution in [1.29, 1.82) is 0 Å². The van der Waals surface area contributed by atoms with Crippen molar-refractivity contribution < 1.29 is 0 Å². The van der Waals surface area contributed by atoms with Crippen molar-refractivity contribution in [2.75, 3.05) is 0 Å². The molecule has 1 heterocycles. The molecular formula is C10H20N4. The van der Waals surface area contributed by atoms with Gasteiger partial charge in [-0.2, -0.15) is 0 Å². The minimum absolute atomic E-state index is 0.915. The fraction of sp³-hybridized carbons (Fsp3) is 0.900. The van der Waals surface area contributed by atoms with Crippen LogP contribution in [0, 0.1) is 6.92 Å². The van der Waals surface area contributed by atoms with Gasteiger partial charge < -0.3 is 0 Å². The van der Waals surface area contributed by atoms with E-state index in [4.69, 9.17) is 0 Å². The first-order chi connectivity index (χ1) is 6.84. The average molecular weight is 196 g/mol. The number of aryl methyl sites for hydroxylation is 2. The quantitative estimate of drug-likeness (QED) is 0.629. The molecule has 0 atom stereocenters. The smallest absolute Gasteiger partial charge is 0.148 e. The lowest BCUT2D eigenvalue weighted by Gasteiger charge is -2.01. The molecule has 0 aliphatic carbocycles. The van der Waals surface area contributed by atoms with Crippen LogP contribution in [0.2, 0.25) is 0 Å². The fourth-order valence-electron chi connectivity index (χ4n) is 1.50. The molecule has 0 N–H and O–H groups in total. The molecule has 1 aromatic heterocycles. The van der Waals surface area contributed by atoms with Gasteiger partial charge in [0.2, 0.25) is 0 Å². The summed E-state index contributed by atoms with van der Waals surface area (Å²) in [5.74, 6) is 0.915. The summed E-state index contributed by atoms with van der Waals surface area (Å²) in [4.78, 5) is 0. The molecule has 0 fully saturated rings. The van der Waals surface area contributed by atoms with Gasteiger partial charge in [-0.05, 0) is 23.8 Å². The van der Waals surface area contributed by atoms with E-state index < -0.39 is 0 Å². The maximum Gasteiger partial charge on any atom is 0.148 e. The lowest BCUT2D eigenvalue weighted by Crippen LogP contribution is -2.02. The van der Waals surface area contributed by atoms with Crippen LogP contribution in [-0.2, 0) is 6.54 Å². The third-order valence-corrected chi connectivity index (χ3v) is 2.43. The maximum atomic E-state index is 3.91. The zero-order chi connectivity index (χ0) is 10.2. The van der Waals surface area contributed by atoms with Crippen LogP contribution in [0.1, 0.15) is 51.3 Å². The Morgan fingerprint density at radius 2 is 1.79 bits per heavy atom. The second-order valence-electron chi connectivity index (χ2n) is 3.72. The van der Waals surface area contributed by atoms with E-state index >= 15 is 0 Å². The Labute approximate surface area is 85.7 Å². The van der Waals surface area contributed by atoms with E-state index in [1.54, 1.807) is 0 Å². The van der Waals surface area contributed by atoms with Crippen LogP contribution in [0.5, 0.6) is 0 Å². The van der Waals surface area contributed by atoms with Crippen molar-refractivity contribution >= 4 is 0 Å². The Morgan fingerprint density at radius 3 is 2.43 bits per heavy atom. The molecule has 0 aliphatic heterocycles. The Bertz CT molecular complexity index is 244. The van der Waals surface area contributed by atoms with Crippen molar-refractivity contribution in [3.63, 3.8) is 0 Å². The van der Waals surface area contributed by atoms with Gasteiger partial charge in [-0.25, -0.2) is 4.68 Å². The minimum Gasteiger partial charge on any atom is -0.230 e. The second kappa shape index (κ2) is 6.51. The fourth-order valence-corrected chi connectivity index (χ4v) is 1.50. The normalized spacial score (nSPS) is 10.7. The lowest BCUT2D eigenvalue weighted by molar-refractivity contribution is 0.509. The molecule has 0 saturated heterocycles. The Hall–Kier alpha value is -0.930. The zero-order valence-corrected chi connectivity index (χ0v) is 9.24. The zero-order valence-electron chi connectivity index (χ0n) is 9.24. The van der Waals surface area contributed by atoms with Gasteiger partial charge in [-0.1, -0.05) is 39.0 Å². The van der Waals surface area contributed by atoms with Gasteiger partial charge in [0, 0.05) is 6.54 Å². The third kappa shape index (κ3) is 3.85. The molecule has 0 radical (unpaired) electrons. The molecule has 4 heteroatoms. The van der Waals surface area contributed by atoms with Crippen molar-refractivity contribution in [3.8, 4) is 0 Å². The van der Waals surface area contributed by atoms with Gasteiger partial charge in [-0.15, -0.1) is 5.10 Å². The number of hydrogen-bond donors (Lipinski definition) is 0. The number of tetrazole rings is 1. The summed E-state index contributed by atoms with van der Waals surface area (Å²) in [6.07, 6.45) is 7.87. The number of rotatable bonds is 7. The highest BCUT2D eigenvalue weighted by atomic mass is 15.5.